The standard InChI is InChI=1S/C13H20N2O2/c1-8-6-10-11(7-8)13(17)15(12(10)16)9-2-4-14-5-3-9/h8-11,14H,2-7H2,1H3. The Morgan fingerprint density at radius 3 is 2.12 bits per heavy atom. The van der Waals surface area contributed by atoms with Crippen LogP contribution < -0.4 is 5.32 Å². The van der Waals surface area contributed by atoms with Crippen molar-refractivity contribution in [3.05, 3.63) is 0 Å². The average Bonchev–Trinajstić information content (AvgIpc) is 2.81. The fourth-order valence-corrected chi connectivity index (χ4v) is 3.73. The number of nitrogens with one attached hydrogen (secondary N) is 1. The van der Waals surface area contributed by atoms with E-state index in [9.17, 15) is 9.59 Å². The third-order valence-corrected chi connectivity index (χ3v) is 4.58. The van der Waals surface area contributed by atoms with Crippen LogP contribution in [0.5, 0.6) is 0 Å². The number of rotatable bonds is 1. The van der Waals surface area contributed by atoms with Crippen molar-refractivity contribution in [1.82, 2.24) is 10.2 Å². The third-order valence-electron chi connectivity index (χ3n) is 4.58. The number of likely N-dealkylation sites (tertiary alicyclic amines) is 1. The largest absolute Gasteiger partial charge is 0.317 e. The Bertz CT molecular complexity index is 325. The van der Waals surface area contributed by atoms with Crippen molar-refractivity contribution < 1.29 is 9.59 Å². The zero-order valence-electron chi connectivity index (χ0n) is 10.3. The van der Waals surface area contributed by atoms with E-state index in [2.05, 4.69) is 12.2 Å². The van der Waals surface area contributed by atoms with E-state index in [0.717, 1.165) is 38.8 Å². The number of piperidine rings is 1. The molecule has 2 unspecified atom stereocenters. The van der Waals surface area contributed by atoms with Gasteiger partial charge in [-0.25, -0.2) is 0 Å². The Balaban J connectivity index is 1.79. The molecule has 17 heavy (non-hydrogen) atoms. The highest BCUT2D eigenvalue weighted by Gasteiger charge is 2.53. The minimum absolute atomic E-state index is 0.00684. The first-order chi connectivity index (χ1) is 8.18. The Hall–Kier alpha value is -0.900. The van der Waals surface area contributed by atoms with Crippen LogP contribution in [-0.2, 0) is 9.59 Å². The van der Waals surface area contributed by atoms with Crippen molar-refractivity contribution in [2.75, 3.05) is 13.1 Å². The second-order valence-electron chi connectivity index (χ2n) is 5.82. The molecule has 0 radical (unpaired) electrons. The summed E-state index contributed by atoms with van der Waals surface area (Å²) in [6, 6.07) is 0.164. The highest BCUT2D eigenvalue weighted by atomic mass is 16.2. The molecule has 1 saturated carbocycles. The van der Waals surface area contributed by atoms with Crippen LogP contribution in [-0.4, -0.2) is 35.8 Å². The molecule has 2 aliphatic heterocycles. The van der Waals surface area contributed by atoms with Gasteiger partial charge in [-0.3, -0.25) is 14.5 Å². The minimum atomic E-state index is 0.00684. The van der Waals surface area contributed by atoms with Crippen molar-refractivity contribution in [3.63, 3.8) is 0 Å². The summed E-state index contributed by atoms with van der Waals surface area (Å²) in [7, 11) is 0. The second-order valence-corrected chi connectivity index (χ2v) is 5.82. The highest BCUT2D eigenvalue weighted by molar-refractivity contribution is 6.05. The predicted octanol–water partition coefficient (Wildman–Crippen LogP) is 0.770. The molecule has 0 aromatic rings. The molecule has 3 aliphatic rings. The monoisotopic (exact) mass is 236 g/mol. The quantitative estimate of drug-likeness (QED) is 0.684. The molecule has 2 amide bonds. The van der Waals surface area contributed by atoms with Crippen LogP contribution in [0.2, 0.25) is 0 Å². The van der Waals surface area contributed by atoms with Crippen LogP contribution in [0.15, 0.2) is 0 Å². The maximum Gasteiger partial charge on any atom is 0.233 e. The van der Waals surface area contributed by atoms with E-state index in [0.29, 0.717) is 5.92 Å². The van der Waals surface area contributed by atoms with Gasteiger partial charge >= 0.3 is 0 Å². The zero-order chi connectivity index (χ0) is 12.0. The Labute approximate surface area is 102 Å². The van der Waals surface area contributed by atoms with Gasteiger partial charge in [-0.2, -0.15) is 0 Å². The summed E-state index contributed by atoms with van der Waals surface area (Å²) in [5.74, 6) is 0.792. The van der Waals surface area contributed by atoms with Crippen molar-refractivity contribution in [2.24, 2.45) is 17.8 Å². The van der Waals surface area contributed by atoms with E-state index in [1.165, 1.54) is 0 Å². The van der Waals surface area contributed by atoms with E-state index in [-0.39, 0.29) is 29.7 Å². The van der Waals surface area contributed by atoms with Gasteiger partial charge in [0.15, 0.2) is 0 Å². The van der Waals surface area contributed by atoms with Crippen LogP contribution in [0.4, 0.5) is 0 Å². The molecule has 94 valence electrons. The number of carbonyl (C=O) groups excluding carboxylic acids is 2. The molecule has 0 spiro atoms. The maximum absolute atomic E-state index is 12.3. The van der Waals surface area contributed by atoms with Crippen LogP contribution >= 0.6 is 0 Å². The molecule has 1 N–H and O–H groups in total. The summed E-state index contributed by atoms with van der Waals surface area (Å²) in [6.07, 6.45) is 3.67. The molecule has 2 saturated heterocycles. The highest BCUT2D eigenvalue weighted by Crippen LogP contribution is 2.44. The van der Waals surface area contributed by atoms with Gasteiger partial charge in [-0.05, 0) is 44.7 Å². The molecule has 2 atom stereocenters. The molecule has 3 fully saturated rings. The van der Waals surface area contributed by atoms with Gasteiger partial charge in [-0.15, -0.1) is 0 Å². The van der Waals surface area contributed by atoms with Crippen LogP contribution in [0.25, 0.3) is 0 Å². The summed E-state index contributed by atoms with van der Waals surface area (Å²) < 4.78 is 0. The summed E-state index contributed by atoms with van der Waals surface area (Å²) in [5, 5.41) is 3.28. The van der Waals surface area contributed by atoms with E-state index >= 15 is 0 Å². The van der Waals surface area contributed by atoms with Crippen LogP contribution in [0, 0.1) is 17.8 Å². The third kappa shape index (κ3) is 1.69. The number of carbonyl (C=O) groups is 2. The lowest BCUT2D eigenvalue weighted by Crippen LogP contribution is -2.46. The molecule has 0 bridgehead atoms. The number of nitrogens with zero attached hydrogens (tertiary/aromatic N) is 1. The Kier molecular flexibility index (Phi) is 2.69. The van der Waals surface area contributed by atoms with Gasteiger partial charge in [0.1, 0.15) is 0 Å². The van der Waals surface area contributed by atoms with Gasteiger partial charge < -0.3 is 5.32 Å². The average molecular weight is 236 g/mol. The first kappa shape index (κ1) is 11.2. The summed E-state index contributed by atoms with van der Waals surface area (Å²) in [5.41, 5.74) is 0. The number of hydrogen-bond donors (Lipinski definition) is 1. The normalized spacial score (nSPS) is 38.9. The lowest BCUT2D eigenvalue weighted by molar-refractivity contribution is -0.143. The van der Waals surface area contributed by atoms with E-state index in [1.54, 1.807) is 4.90 Å². The summed E-state index contributed by atoms with van der Waals surface area (Å²) in [4.78, 5) is 26.3. The van der Waals surface area contributed by atoms with Gasteiger partial charge in [-0.1, -0.05) is 6.92 Å². The Morgan fingerprint density at radius 2 is 1.59 bits per heavy atom. The lowest BCUT2D eigenvalue weighted by atomic mass is 10.00. The van der Waals surface area contributed by atoms with Gasteiger partial charge in [0.25, 0.3) is 0 Å². The van der Waals surface area contributed by atoms with Crippen molar-refractivity contribution in [2.45, 2.75) is 38.6 Å². The van der Waals surface area contributed by atoms with Crippen LogP contribution in [0.3, 0.4) is 0 Å². The van der Waals surface area contributed by atoms with Gasteiger partial charge in [0.2, 0.25) is 11.8 Å². The van der Waals surface area contributed by atoms with Gasteiger partial charge in [0.05, 0.1) is 11.8 Å². The first-order valence-corrected chi connectivity index (χ1v) is 6.76. The SMILES string of the molecule is CC1CC2C(=O)N(C3CCNCC3)C(=O)C2C1. The molecular weight excluding hydrogens is 216 g/mol. The zero-order valence-corrected chi connectivity index (χ0v) is 10.3. The molecule has 4 heteroatoms. The fraction of sp³-hybridized carbons (Fsp3) is 0.846. The smallest absolute Gasteiger partial charge is 0.233 e. The summed E-state index contributed by atoms with van der Waals surface area (Å²) >= 11 is 0. The van der Waals surface area contributed by atoms with E-state index < -0.39 is 0 Å². The fourth-order valence-electron chi connectivity index (χ4n) is 3.73. The van der Waals surface area contributed by atoms with Crippen molar-refractivity contribution in [3.8, 4) is 0 Å². The Morgan fingerprint density at radius 1 is 1.06 bits per heavy atom. The topological polar surface area (TPSA) is 49.4 Å². The molecule has 4 nitrogen and oxygen atoms in total. The maximum atomic E-state index is 12.3. The van der Waals surface area contributed by atoms with Gasteiger partial charge in [0, 0.05) is 6.04 Å². The molecule has 1 aliphatic carbocycles. The number of amides is 2. The molecular formula is C13H20N2O2. The predicted molar refractivity (Wildman–Crippen MR) is 63.1 cm³/mol. The number of imide groups is 1. The second kappa shape index (κ2) is 4.09. The molecule has 0 aromatic carbocycles. The van der Waals surface area contributed by atoms with E-state index in [1.807, 2.05) is 0 Å². The van der Waals surface area contributed by atoms with Crippen molar-refractivity contribution in [1.29, 1.82) is 0 Å². The number of fused-ring (bicyclic) bond motifs is 1. The van der Waals surface area contributed by atoms with E-state index in [4.69, 9.17) is 0 Å². The molecule has 3 rings (SSSR count). The lowest BCUT2D eigenvalue weighted by Gasteiger charge is -2.31. The molecule has 2 heterocycles. The number of hydrogen-bond acceptors (Lipinski definition) is 3. The van der Waals surface area contributed by atoms with Crippen molar-refractivity contribution >= 4 is 11.8 Å². The first-order valence-electron chi connectivity index (χ1n) is 6.76. The minimum Gasteiger partial charge on any atom is -0.317 e. The van der Waals surface area contributed by atoms with Crippen LogP contribution in [0.1, 0.15) is 32.6 Å². The molecule has 0 aromatic heterocycles. The summed E-state index contributed by atoms with van der Waals surface area (Å²) in [6.45, 7) is 3.99.